The lowest BCUT2D eigenvalue weighted by molar-refractivity contribution is 0.658. The molecule has 1 unspecified atom stereocenters. The maximum absolute atomic E-state index is 5.55. The largest absolute Gasteiger partial charge is 0.388 e. The van der Waals surface area contributed by atoms with Crippen LogP contribution in [-0.2, 0) is 5.41 Å². The van der Waals surface area contributed by atoms with Gasteiger partial charge in [0.2, 0.25) is 0 Å². The van der Waals surface area contributed by atoms with Crippen LogP contribution in [0.4, 0.5) is 5.69 Å². The Bertz CT molecular complexity index is 932. The van der Waals surface area contributed by atoms with E-state index in [0.717, 1.165) is 18.5 Å². The van der Waals surface area contributed by atoms with Gasteiger partial charge in [0.1, 0.15) is 0 Å². The summed E-state index contributed by atoms with van der Waals surface area (Å²) in [5, 5.41) is 3.26. The smallest absolute Gasteiger partial charge is 0.0363 e. The van der Waals surface area contributed by atoms with Gasteiger partial charge in [-0.15, -0.1) is 12.3 Å². The fourth-order valence-electron chi connectivity index (χ4n) is 3.95. The van der Waals surface area contributed by atoms with Crippen LogP contribution in [0.15, 0.2) is 71.9 Å². The third-order valence-electron chi connectivity index (χ3n) is 5.50. The van der Waals surface area contributed by atoms with Crippen LogP contribution in [0.25, 0.3) is 5.57 Å². The molecule has 1 aromatic rings. The summed E-state index contributed by atoms with van der Waals surface area (Å²) in [7, 11) is 1.96. The lowest BCUT2D eigenvalue weighted by Gasteiger charge is -2.22. The number of anilines is 1. The van der Waals surface area contributed by atoms with Crippen molar-refractivity contribution in [1.82, 2.24) is 0 Å². The second-order valence-electron chi connectivity index (χ2n) is 7.73. The van der Waals surface area contributed by atoms with Crippen LogP contribution in [0.3, 0.4) is 0 Å². The quantitative estimate of drug-likeness (QED) is 0.391. The average Bonchev–Trinajstić information content (AvgIpc) is 2.91. The van der Waals surface area contributed by atoms with Crippen LogP contribution in [0.2, 0.25) is 0 Å². The topological polar surface area (TPSA) is 12.0 Å². The van der Waals surface area contributed by atoms with Crippen LogP contribution in [0.1, 0.15) is 44.2 Å². The zero-order chi connectivity index (χ0) is 20.1. The summed E-state index contributed by atoms with van der Waals surface area (Å²) in [6.07, 6.45) is 23.8. The molecule has 1 atom stereocenters. The molecule has 0 radical (unpaired) electrons. The number of hydrogen-bond donors (Lipinski definition) is 1. The maximum Gasteiger partial charge on any atom is 0.0363 e. The van der Waals surface area contributed by atoms with E-state index in [0.29, 0.717) is 11.2 Å². The summed E-state index contributed by atoms with van der Waals surface area (Å²) in [5.41, 5.74) is 7.70. The fourth-order valence-corrected chi connectivity index (χ4v) is 4.29. The summed E-state index contributed by atoms with van der Waals surface area (Å²) >= 11 is 3.62. The molecule has 0 amide bonds. The third-order valence-corrected chi connectivity index (χ3v) is 6.18. The Kier molecular flexibility index (Phi) is 6.47. The Morgan fingerprint density at radius 1 is 1.32 bits per heavy atom. The molecule has 2 heteroatoms. The molecule has 0 saturated heterocycles. The number of terminal acetylenes is 1. The van der Waals surface area contributed by atoms with E-state index in [1.165, 1.54) is 27.8 Å². The van der Waals surface area contributed by atoms with Gasteiger partial charge < -0.3 is 5.32 Å². The number of allylic oxidation sites excluding steroid dienone is 10. The van der Waals surface area contributed by atoms with Gasteiger partial charge in [-0.2, -0.15) is 0 Å². The Hall–Kier alpha value is -2.24. The molecule has 0 aliphatic heterocycles. The molecule has 0 aromatic heterocycles. The predicted molar refractivity (Wildman–Crippen MR) is 127 cm³/mol. The van der Waals surface area contributed by atoms with Gasteiger partial charge in [0.15, 0.2) is 0 Å². The third kappa shape index (κ3) is 4.26. The number of fused-ring (bicyclic) bond motifs is 1. The van der Waals surface area contributed by atoms with Crippen LogP contribution in [-0.4, -0.2) is 11.9 Å². The highest BCUT2D eigenvalue weighted by Crippen LogP contribution is 2.50. The SMILES string of the molecule is C#CC/C=C1\C(=C/C/C=C/C2=CCC(Br)C=C2)C(C)(C)c2cc(NC)ccc21. The Morgan fingerprint density at radius 2 is 2.14 bits per heavy atom. The summed E-state index contributed by atoms with van der Waals surface area (Å²) < 4.78 is 0. The molecular formula is C26H28BrN. The van der Waals surface area contributed by atoms with E-state index < -0.39 is 0 Å². The summed E-state index contributed by atoms with van der Waals surface area (Å²) in [4.78, 5) is 0.468. The monoisotopic (exact) mass is 433 g/mol. The molecular weight excluding hydrogens is 406 g/mol. The highest BCUT2D eigenvalue weighted by atomic mass is 79.9. The number of benzene rings is 1. The van der Waals surface area contributed by atoms with Crippen LogP contribution in [0, 0.1) is 12.3 Å². The standard InChI is InChI=1S/C26H28BrN/c1-5-6-10-22-23-17-16-21(28-4)18-25(23)26(2,3)24(22)11-8-7-9-19-12-14-20(27)15-13-19/h1,7,9-14,16-18,20,28H,6,8,15H2,2-4H3/b9-7+,22-10-,24-11+. The van der Waals surface area contributed by atoms with Crippen molar-refractivity contribution in [3.05, 3.63) is 83.0 Å². The first-order valence-electron chi connectivity index (χ1n) is 9.83. The molecule has 0 heterocycles. The van der Waals surface area contributed by atoms with Crippen molar-refractivity contribution >= 4 is 27.2 Å². The number of rotatable bonds is 5. The molecule has 2 aliphatic rings. The second kappa shape index (κ2) is 8.84. The number of halogens is 1. The van der Waals surface area contributed by atoms with Gasteiger partial charge in [-0.3, -0.25) is 0 Å². The summed E-state index contributed by atoms with van der Waals surface area (Å²) in [5.74, 6) is 2.76. The first-order chi connectivity index (χ1) is 13.5. The second-order valence-corrected chi connectivity index (χ2v) is 8.91. The van der Waals surface area contributed by atoms with E-state index in [-0.39, 0.29) is 5.41 Å². The molecule has 144 valence electrons. The minimum Gasteiger partial charge on any atom is -0.388 e. The molecule has 1 aromatic carbocycles. The van der Waals surface area contributed by atoms with Crippen molar-refractivity contribution in [2.45, 2.75) is 43.4 Å². The van der Waals surface area contributed by atoms with E-state index in [1.54, 1.807) is 0 Å². The van der Waals surface area contributed by atoms with Crippen LogP contribution in [0.5, 0.6) is 0 Å². The molecule has 0 saturated carbocycles. The number of alkyl halides is 1. The lowest BCUT2D eigenvalue weighted by Crippen LogP contribution is -2.15. The van der Waals surface area contributed by atoms with Crippen LogP contribution < -0.4 is 5.32 Å². The first-order valence-corrected chi connectivity index (χ1v) is 10.7. The zero-order valence-electron chi connectivity index (χ0n) is 16.9. The maximum atomic E-state index is 5.55. The van der Waals surface area contributed by atoms with E-state index in [1.807, 2.05) is 7.05 Å². The Balaban J connectivity index is 1.89. The first kappa shape index (κ1) is 20.5. The fraction of sp³-hybridized carbons (Fsp3) is 0.308. The minimum atomic E-state index is -0.0380. The molecule has 1 N–H and O–H groups in total. The predicted octanol–water partition coefficient (Wildman–Crippen LogP) is 6.95. The molecule has 3 rings (SSSR count). The van der Waals surface area contributed by atoms with Crippen molar-refractivity contribution in [3.63, 3.8) is 0 Å². The van der Waals surface area contributed by atoms with E-state index in [9.17, 15) is 0 Å². The zero-order valence-corrected chi connectivity index (χ0v) is 18.5. The van der Waals surface area contributed by atoms with Crippen molar-refractivity contribution in [3.8, 4) is 12.3 Å². The van der Waals surface area contributed by atoms with Gasteiger partial charge >= 0.3 is 0 Å². The summed E-state index contributed by atoms with van der Waals surface area (Å²) in [6.45, 7) is 4.61. The van der Waals surface area contributed by atoms with E-state index >= 15 is 0 Å². The summed E-state index contributed by atoms with van der Waals surface area (Å²) in [6, 6.07) is 6.63. The number of hydrogen-bond acceptors (Lipinski definition) is 1. The molecule has 0 spiro atoms. The van der Waals surface area contributed by atoms with Crippen molar-refractivity contribution in [1.29, 1.82) is 0 Å². The Labute approximate surface area is 178 Å². The average molecular weight is 434 g/mol. The lowest BCUT2D eigenvalue weighted by atomic mass is 9.81. The van der Waals surface area contributed by atoms with Gasteiger partial charge in [0.05, 0.1) is 0 Å². The molecule has 0 bridgehead atoms. The Morgan fingerprint density at radius 3 is 2.82 bits per heavy atom. The molecule has 1 nitrogen and oxygen atoms in total. The van der Waals surface area contributed by atoms with Gasteiger partial charge in [-0.1, -0.05) is 78.4 Å². The normalized spacial score (nSPS) is 23.1. The van der Waals surface area contributed by atoms with E-state index in [4.69, 9.17) is 6.42 Å². The molecule has 0 fully saturated rings. The van der Waals surface area contributed by atoms with Gasteiger partial charge in [0, 0.05) is 29.4 Å². The van der Waals surface area contributed by atoms with Gasteiger partial charge in [0.25, 0.3) is 0 Å². The molecule has 28 heavy (non-hydrogen) atoms. The molecule has 2 aliphatic carbocycles. The van der Waals surface area contributed by atoms with Crippen molar-refractivity contribution in [2.24, 2.45) is 0 Å². The van der Waals surface area contributed by atoms with Gasteiger partial charge in [-0.05, 0) is 52.8 Å². The highest BCUT2D eigenvalue weighted by molar-refractivity contribution is 9.09. The van der Waals surface area contributed by atoms with Crippen molar-refractivity contribution < 1.29 is 0 Å². The van der Waals surface area contributed by atoms with Crippen molar-refractivity contribution in [2.75, 3.05) is 12.4 Å². The van der Waals surface area contributed by atoms with E-state index in [2.05, 4.69) is 102 Å². The number of nitrogens with one attached hydrogen (secondary N) is 1. The highest BCUT2D eigenvalue weighted by Gasteiger charge is 2.37. The minimum absolute atomic E-state index is 0.0380. The van der Waals surface area contributed by atoms with Crippen LogP contribution >= 0.6 is 15.9 Å². The van der Waals surface area contributed by atoms with Gasteiger partial charge in [-0.25, -0.2) is 0 Å².